The van der Waals surface area contributed by atoms with Gasteiger partial charge in [-0.15, -0.1) is 0 Å². The molecule has 2 aromatic rings. The molecule has 3 nitrogen and oxygen atoms in total. The molecule has 2 rings (SSSR count). The van der Waals surface area contributed by atoms with Gasteiger partial charge in [0.15, 0.2) is 0 Å². The maximum Gasteiger partial charge on any atom is 0.352 e. The van der Waals surface area contributed by atoms with Gasteiger partial charge in [-0.3, -0.25) is 0 Å². The molecule has 1 heterocycles. The zero-order chi connectivity index (χ0) is 13.4. The second-order valence-electron chi connectivity index (χ2n) is 3.69. The van der Waals surface area contributed by atoms with Gasteiger partial charge in [-0.05, 0) is 34.1 Å². The first-order valence-electron chi connectivity index (χ1n) is 4.96. The van der Waals surface area contributed by atoms with Crippen molar-refractivity contribution in [1.29, 1.82) is 0 Å². The molecule has 1 N–H and O–H groups in total. The van der Waals surface area contributed by atoms with Gasteiger partial charge in [0.2, 0.25) is 0 Å². The van der Waals surface area contributed by atoms with E-state index < -0.39 is 5.97 Å². The number of halogens is 3. The number of carbonyl (C=O) groups is 1. The highest BCUT2D eigenvalue weighted by molar-refractivity contribution is 9.10. The number of hydrogen-bond acceptors (Lipinski definition) is 1. The van der Waals surface area contributed by atoms with Gasteiger partial charge in [0.25, 0.3) is 0 Å². The molecule has 0 radical (unpaired) electrons. The predicted octanol–water partition coefficient (Wildman–Crippen LogP) is 4.46. The van der Waals surface area contributed by atoms with E-state index in [1.54, 1.807) is 29.8 Å². The molecule has 0 amide bonds. The van der Waals surface area contributed by atoms with E-state index >= 15 is 0 Å². The smallest absolute Gasteiger partial charge is 0.352 e. The zero-order valence-electron chi connectivity index (χ0n) is 9.25. The van der Waals surface area contributed by atoms with Crippen LogP contribution in [0.5, 0.6) is 0 Å². The fraction of sp³-hybridized carbons (Fsp3) is 0.0833. The maximum absolute atomic E-state index is 11.0. The summed E-state index contributed by atoms with van der Waals surface area (Å²) in [6, 6.07) is 6.80. The van der Waals surface area contributed by atoms with E-state index in [1.165, 1.54) is 6.07 Å². The Balaban J connectivity index is 2.63. The van der Waals surface area contributed by atoms with Crippen molar-refractivity contribution in [2.24, 2.45) is 7.05 Å². The van der Waals surface area contributed by atoms with Crippen LogP contribution in [0, 0.1) is 0 Å². The third-order valence-corrected chi connectivity index (χ3v) is 4.42. The van der Waals surface area contributed by atoms with E-state index in [0.29, 0.717) is 25.8 Å². The average Bonchev–Trinajstić information content (AvgIpc) is 2.69. The zero-order valence-corrected chi connectivity index (χ0v) is 12.3. The SMILES string of the molecule is Cn1c(C(=O)O)ccc1-c1ccc(Br)c(Cl)c1Cl. The molecule has 1 aromatic heterocycles. The Morgan fingerprint density at radius 3 is 2.44 bits per heavy atom. The predicted molar refractivity (Wildman–Crippen MR) is 75.5 cm³/mol. The third kappa shape index (κ3) is 2.16. The number of hydrogen-bond donors (Lipinski definition) is 1. The van der Waals surface area contributed by atoms with Crippen LogP contribution in [0.2, 0.25) is 10.0 Å². The second kappa shape index (κ2) is 4.96. The molecule has 18 heavy (non-hydrogen) atoms. The molecule has 0 bridgehead atoms. The van der Waals surface area contributed by atoms with Crippen LogP contribution in [0.15, 0.2) is 28.7 Å². The van der Waals surface area contributed by atoms with Crippen LogP contribution < -0.4 is 0 Å². The molecule has 0 saturated heterocycles. The molecule has 6 heteroatoms. The van der Waals surface area contributed by atoms with E-state index in [2.05, 4.69) is 15.9 Å². The lowest BCUT2D eigenvalue weighted by Crippen LogP contribution is -2.05. The van der Waals surface area contributed by atoms with Crippen LogP contribution in [-0.4, -0.2) is 15.6 Å². The van der Waals surface area contributed by atoms with Crippen molar-refractivity contribution in [3.63, 3.8) is 0 Å². The number of carboxylic acids is 1. The molecular formula is C12H8BrCl2NO2. The summed E-state index contributed by atoms with van der Waals surface area (Å²) in [5.74, 6) is -0.983. The number of aromatic carboxylic acids is 1. The lowest BCUT2D eigenvalue weighted by molar-refractivity contribution is 0.0687. The summed E-state index contributed by atoms with van der Waals surface area (Å²) in [6.45, 7) is 0. The van der Waals surface area contributed by atoms with Crippen LogP contribution in [0.3, 0.4) is 0 Å². The summed E-state index contributed by atoms with van der Waals surface area (Å²) < 4.78 is 2.26. The van der Waals surface area contributed by atoms with Crippen LogP contribution in [0.4, 0.5) is 0 Å². The lowest BCUT2D eigenvalue weighted by atomic mass is 10.1. The molecule has 0 aliphatic heterocycles. The molecule has 0 saturated carbocycles. The standard InChI is InChI=1S/C12H8BrCl2NO2/c1-16-8(4-5-9(16)12(17)18)6-2-3-7(13)11(15)10(6)14/h2-5H,1H3,(H,17,18). The summed E-state index contributed by atoms with van der Waals surface area (Å²) in [7, 11) is 1.67. The summed E-state index contributed by atoms with van der Waals surface area (Å²) in [4.78, 5) is 11.0. The molecule has 0 unspecified atom stereocenters. The molecular weight excluding hydrogens is 341 g/mol. The van der Waals surface area contributed by atoms with Gasteiger partial charge < -0.3 is 9.67 Å². The van der Waals surface area contributed by atoms with Crippen LogP contribution in [0.1, 0.15) is 10.5 Å². The first-order valence-corrected chi connectivity index (χ1v) is 6.51. The summed E-state index contributed by atoms with van der Waals surface area (Å²) in [5, 5.41) is 9.81. The minimum atomic E-state index is -0.983. The Bertz CT molecular complexity index is 637. The van der Waals surface area contributed by atoms with Crippen LogP contribution in [0.25, 0.3) is 11.3 Å². The Morgan fingerprint density at radius 2 is 1.89 bits per heavy atom. The first-order chi connectivity index (χ1) is 8.43. The van der Waals surface area contributed by atoms with Crippen molar-refractivity contribution in [2.45, 2.75) is 0 Å². The number of benzene rings is 1. The van der Waals surface area contributed by atoms with Gasteiger partial charge in [-0.1, -0.05) is 29.3 Å². The quantitative estimate of drug-likeness (QED) is 0.814. The number of rotatable bonds is 2. The van der Waals surface area contributed by atoms with Crippen molar-refractivity contribution >= 4 is 45.1 Å². The first kappa shape index (κ1) is 13.5. The molecule has 0 fully saturated rings. The highest BCUT2D eigenvalue weighted by Crippen LogP contribution is 2.38. The molecule has 0 atom stereocenters. The lowest BCUT2D eigenvalue weighted by Gasteiger charge is -2.09. The van der Waals surface area contributed by atoms with Gasteiger partial charge >= 0.3 is 5.97 Å². The van der Waals surface area contributed by atoms with E-state index in [0.717, 1.165) is 0 Å². The fourth-order valence-electron chi connectivity index (χ4n) is 1.72. The van der Waals surface area contributed by atoms with E-state index in [1.807, 2.05) is 0 Å². The Labute approximate surface area is 122 Å². The molecule has 94 valence electrons. The van der Waals surface area contributed by atoms with Gasteiger partial charge in [0.05, 0.1) is 10.0 Å². The van der Waals surface area contributed by atoms with Gasteiger partial charge in [0, 0.05) is 22.8 Å². The maximum atomic E-state index is 11.0. The number of carboxylic acid groups (broad SMARTS) is 1. The molecule has 0 aliphatic rings. The number of nitrogens with zero attached hydrogens (tertiary/aromatic N) is 1. The Hall–Kier alpha value is -0.970. The minimum absolute atomic E-state index is 0.195. The van der Waals surface area contributed by atoms with Crippen molar-refractivity contribution in [2.75, 3.05) is 0 Å². The third-order valence-electron chi connectivity index (χ3n) is 2.65. The number of aromatic nitrogens is 1. The van der Waals surface area contributed by atoms with Crippen molar-refractivity contribution < 1.29 is 9.90 Å². The van der Waals surface area contributed by atoms with Crippen molar-refractivity contribution in [1.82, 2.24) is 4.57 Å². The van der Waals surface area contributed by atoms with Crippen LogP contribution in [-0.2, 0) is 7.05 Å². The van der Waals surface area contributed by atoms with E-state index in [4.69, 9.17) is 28.3 Å². The normalized spacial score (nSPS) is 10.7. The largest absolute Gasteiger partial charge is 0.477 e. The highest BCUT2D eigenvalue weighted by atomic mass is 79.9. The van der Waals surface area contributed by atoms with Crippen molar-refractivity contribution in [3.05, 3.63) is 44.5 Å². The van der Waals surface area contributed by atoms with E-state index in [-0.39, 0.29) is 5.69 Å². The topological polar surface area (TPSA) is 42.2 Å². The summed E-state index contributed by atoms with van der Waals surface area (Å²) >= 11 is 15.5. The Morgan fingerprint density at radius 1 is 1.22 bits per heavy atom. The van der Waals surface area contributed by atoms with E-state index in [9.17, 15) is 4.79 Å². The van der Waals surface area contributed by atoms with Gasteiger partial charge in [-0.25, -0.2) is 4.79 Å². The average molecular weight is 349 g/mol. The summed E-state index contributed by atoms with van der Waals surface area (Å²) in [6.07, 6.45) is 0. The van der Waals surface area contributed by atoms with Crippen LogP contribution >= 0.6 is 39.1 Å². The molecule has 0 spiro atoms. The van der Waals surface area contributed by atoms with Gasteiger partial charge in [0.1, 0.15) is 5.69 Å². The highest BCUT2D eigenvalue weighted by Gasteiger charge is 2.16. The monoisotopic (exact) mass is 347 g/mol. The van der Waals surface area contributed by atoms with Crippen molar-refractivity contribution in [3.8, 4) is 11.3 Å². The molecule has 1 aromatic carbocycles. The van der Waals surface area contributed by atoms with Gasteiger partial charge in [-0.2, -0.15) is 0 Å². The summed E-state index contributed by atoms with van der Waals surface area (Å²) in [5.41, 5.74) is 1.59. The minimum Gasteiger partial charge on any atom is -0.477 e. The molecule has 0 aliphatic carbocycles. The Kier molecular flexibility index (Phi) is 3.71. The second-order valence-corrected chi connectivity index (χ2v) is 5.30. The fourth-order valence-corrected chi connectivity index (χ4v) is 2.59.